The molecule has 2 aliphatic rings. The Balaban J connectivity index is 1.55. The van der Waals surface area contributed by atoms with Crippen LogP contribution >= 0.6 is 0 Å². The number of ether oxygens (including phenoxy) is 10. The van der Waals surface area contributed by atoms with Crippen molar-refractivity contribution in [3.05, 3.63) is 36.4 Å². The molecule has 0 atom stereocenters. The van der Waals surface area contributed by atoms with E-state index in [0.717, 1.165) is 9.80 Å². The predicted octanol–water partition coefficient (Wildman–Crippen LogP) is 1.68. The smallest absolute Gasteiger partial charge is 0.409 e. The topological polar surface area (TPSA) is 376 Å². The van der Waals surface area contributed by atoms with E-state index in [1.54, 1.807) is 0 Å². The van der Waals surface area contributed by atoms with Gasteiger partial charge in [-0.2, -0.15) is 0 Å². The number of carboxylic acids is 4. The Morgan fingerprint density at radius 2 is 0.533 bits per heavy atom. The Bertz CT molecular complexity index is 2420. The number of rotatable bonds is 25. The lowest BCUT2D eigenvalue weighted by Crippen LogP contribution is -2.49. The van der Waals surface area contributed by atoms with Crippen molar-refractivity contribution in [1.82, 2.24) is 39.2 Å². The number of para-hydroxylation sites is 2. The summed E-state index contributed by atoms with van der Waals surface area (Å²) in [5.74, 6) is -5.39. The van der Waals surface area contributed by atoms with Crippen LogP contribution in [0.5, 0.6) is 23.0 Å². The Kier molecular flexibility index (Phi) is 31.6. The standard InChI is InChI=1S/C56H84N10O24/c1-81-51(75)59-21-17-57(18-22-60(52(76)82-2)26-30-63(29-25-59)55(79)85-5)15-9-33-87-41-11-7-13-43(49(41)65(37-45(67)68)38-46(69)70)89-35-36-90-44-14-8-12-42(50(44)66(39-47(71)72)40-48(73)74)88-34-10-16-58-19-23-61(53(77)83-3)27-31-64(56(80)86-6)32-28-62(24-20-58)54(78)84-4/h7-8,11-14H,9-10,15-40H2,1-6H3,(H,67,68)(H,69,70)(H,71,72)(H,73,74). The fraction of sp³-hybridized carbons (Fsp3) is 0.607. The lowest BCUT2D eigenvalue weighted by atomic mass is 10.2. The van der Waals surface area contributed by atoms with E-state index in [9.17, 15) is 68.4 Å². The Morgan fingerprint density at radius 3 is 0.733 bits per heavy atom. The van der Waals surface area contributed by atoms with Crippen LogP contribution in [0.15, 0.2) is 36.4 Å². The maximum absolute atomic E-state index is 12.8. The number of methoxy groups -OCH3 is 6. The van der Waals surface area contributed by atoms with E-state index in [1.807, 2.05) is 9.80 Å². The van der Waals surface area contributed by atoms with Gasteiger partial charge in [0.15, 0.2) is 0 Å². The van der Waals surface area contributed by atoms with Gasteiger partial charge >= 0.3 is 60.4 Å². The third-order valence-electron chi connectivity index (χ3n) is 14.1. The number of carbonyl (C=O) groups excluding carboxylic acids is 6. The highest BCUT2D eigenvalue weighted by atomic mass is 16.6. The van der Waals surface area contributed by atoms with Gasteiger partial charge in [0.05, 0.1) is 55.9 Å². The first-order valence-electron chi connectivity index (χ1n) is 28.7. The second kappa shape index (κ2) is 38.8. The van der Waals surface area contributed by atoms with Crippen molar-refractivity contribution in [2.24, 2.45) is 0 Å². The molecular formula is C56H84N10O24. The number of hydrogen-bond donors (Lipinski definition) is 4. The summed E-state index contributed by atoms with van der Waals surface area (Å²) >= 11 is 0. The summed E-state index contributed by atoms with van der Waals surface area (Å²) in [6, 6.07) is 9.01. The van der Waals surface area contributed by atoms with E-state index in [2.05, 4.69) is 0 Å². The zero-order valence-electron chi connectivity index (χ0n) is 51.7. The SMILES string of the molecule is COC(=O)N1CCN(CCCOc2cccc(OCCOc3cccc(OCCCN4CCN(C(=O)OC)CCN(C(=O)OC)CCN(C(=O)OC)CC4)c3N(CC(=O)O)CC(=O)O)c2N(CC(=O)O)CC(=O)O)CCN(C(=O)OC)CCN(C(=O)OC)CC1. The quantitative estimate of drug-likeness (QED) is 0.0811. The molecule has 2 saturated heterocycles. The third-order valence-corrected chi connectivity index (χ3v) is 14.1. The van der Waals surface area contributed by atoms with Crippen molar-refractivity contribution in [3.8, 4) is 23.0 Å². The summed E-state index contributed by atoms with van der Waals surface area (Å²) in [6.07, 6.45) is -3.14. The number of carbonyl (C=O) groups is 10. The number of aliphatic carboxylic acids is 4. The van der Waals surface area contributed by atoms with E-state index in [0.29, 0.717) is 52.1 Å². The van der Waals surface area contributed by atoms with Crippen molar-refractivity contribution in [2.45, 2.75) is 12.8 Å². The lowest BCUT2D eigenvalue weighted by molar-refractivity contribution is -0.138. The molecule has 2 aromatic carbocycles. The van der Waals surface area contributed by atoms with E-state index < -0.39 is 86.6 Å². The van der Waals surface area contributed by atoms with Gasteiger partial charge in [-0.25, -0.2) is 28.8 Å². The first-order valence-corrected chi connectivity index (χ1v) is 28.7. The van der Waals surface area contributed by atoms with Crippen LogP contribution in [-0.4, -0.2) is 333 Å². The molecule has 0 spiro atoms. The second-order valence-corrected chi connectivity index (χ2v) is 20.0. The number of anilines is 2. The van der Waals surface area contributed by atoms with Crippen LogP contribution < -0.4 is 28.7 Å². The Morgan fingerprint density at radius 1 is 0.333 bits per heavy atom. The molecule has 2 aromatic rings. The van der Waals surface area contributed by atoms with Crippen molar-refractivity contribution in [2.75, 3.05) is 223 Å². The van der Waals surface area contributed by atoms with Gasteiger partial charge in [-0.3, -0.25) is 29.0 Å². The molecule has 0 unspecified atom stereocenters. The van der Waals surface area contributed by atoms with Crippen molar-refractivity contribution in [1.29, 1.82) is 0 Å². The normalized spacial score (nSPS) is 15.0. The van der Waals surface area contributed by atoms with Gasteiger partial charge in [0.25, 0.3) is 0 Å². The fourth-order valence-electron chi connectivity index (χ4n) is 9.64. The largest absolute Gasteiger partial charge is 0.491 e. The molecule has 0 bridgehead atoms. The van der Waals surface area contributed by atoms with E-state index >= 15 is 0 Å². The predicted molar refractivity (Wildman–Crippen MR) is 316 cm³/mol. The highest BCUT2D eigenvalue weighted by Crippen LogP contribution is 2.40. The summed E-state index contributed by atoms with van der Waals surface area (Å²) in [5, 5.41) is 39.8. The summed E-state index contributed by atoms with van der Waals surface area (Å²) in [7, 11) is 7.40. The number of amides is 6. The molecule has 0 saturated carbocycles. The highest BCUT2D eigenvalue weighted by Gasteiger charge is 2.29. The van der Waals surface area contributed by atoms with Gasteiger partial charge in [0, 0.05) is 118 Å². The third kappa shape index (κ3) is 24.3. The Hall–Kier alpha value is -9.34. The summed E-state index contributed by atoms with van der Waals surface area (Å²) in [4.78, 5) is 140. The zero-order chi connectivity index (χ0) is 66.1. The van der Waals surface area contributed by atoms with Gasteiger partial charge in [0.2, 0.25) is 0 Å². The monoisotopic (exact) mass is 1280 g/mol. The van der Waals surface area contributed by atoms with E-state index in [1.165, 1.54) is 108 Å². The molecule has 4 rings (SSSR count). The Labute approximate surface area is 520 Å². The minimum absolute atomic E-state index is 0.00626. The van der Waals surface area contributed by atoms with Gasteiger partial charge in [-0.1, -0.05) is 12.1 Å². The maximum atomic E-state index is 12.8. The molecule has 34 nitrogen and oxygen atoms in total. The number of benzene rings is 2. The van der Waals surface area contributed by atoms with Crippen LogP contribution in [0.1, 0.15) is 12.8 Å². The molecule has 2 fully saturated rings. The summed E-state index contributed by atoms with van der Waals surface area (Å²) in [5.41, 5.74) is -0.0490. The van der Waals surface area contributed by atoms with E-state index in [4.69, 9.17) is 47.4 Å². The number of hydrogen-bond acceptors (Lipinski definition) is 24. The fourth-order valence-corrected chi connectivity index (χ4v) is 9.64. The molecule has 6 amide bonds. The van der Waals surface area contributed by atoms with Crippen LogP contribution in [0.3, 0.4) is 0 Å². The average Bonchev–Trinajstić information content (AvgIpc) is 1.50. The number of carboxylic acid groups (broad SMARTS) is 4. The van der Waals surface area contributed by atoms with Crippen molar-refractivity contribution >= 4 is 71.8 Å². The second-order valence-electron chi connectivity index (χ2n) is 20.0. The minimum Gasteiger partial charge on any atom is -0.491 e. The van der Waals surface area contributed by atoms with E-state index in [-0.39, 0.29) is 139 Å². The summed E-state index contributed by atoms with van der Waals surface area (Å²) in [6.45, 7) is -0.562. The maximum Gasteiger partial charge on any atom is 0.409 e. The molecule has 2 aliphatic heterocycles. The number of nitrogens with zero attached hydrogens (tertiary/aromatic N) is 10. The summed E-state index contributed by atoms with van der Waals surface area (Å²) < 4.78 is 54.7. The zero-order valence-corrected chi connectivity index (χ0v) is 51.7. The molecule has 2 heterocycles. The van der Waals surface area contributed by atoms with Crippen LogP contribution in [0.4, 0.5) is 40.1 Å². The van der Waals surface area contributed by atoms with Crippen LogP contribution in [0, 0.1) is 0 Å². The molecular weight excluding hydrogens is 1200 g/mol. The average molecular weight is 1280 g/mol. The molecule has 0 radical (unpaired) electrons. The van der Waals surface area contributed by atoms with Crippen LogP contribution in [0.25, 0.3) is 0 Å². The molecule has 34 heteroatoms. The molecule has 0 aliphatic carbocycles. The molecule has 0 aromatic heterocycles. The minimum atomic E-state index is -1.37. The van der Waals surface area contributed by atoms with Gasteiger partial charge in [0.1, 0.15) is 73.8 Å². The van der Waals surface area contributed by atoms with Crippen LogP contribution in [0.2, 0.25) is 0 Å². The van der Waals surface area contributed by atoms with Gasteiger partial charge in [-0.05, 0) is 37.1 Å². The van der Waals surface area contributed by atoms with Gasteiger partial charge in [-0.15, -0.1) is 0 Å². The first-order chi connectivity index (χ1) is 43.2. The van der Waals surface area contributed by atoms with Crippen LogP contribution in [-0.2, 0) is 47.6 Å². The van der Waals surface area contributed by atoms with Crippen molar-refractivity contribution in [3.63, 3.8) is 0 Å². The molecule has 90 heavy (non-hydrogen) atoms. The lowest BCUT2D eigenvalue weighted by Gasteiger charge is -2.33. The van der Waals surface area contributed by atoms with Crippen molar-refractivity contribution < 1.29 is 116 Å². The first kappa shape index (κ1) is 73.1. The van der Waals surface area contributed by atoms with Gasteiger partial charge < -0.3 is 107 Å². The highest BCUT2D eigenvalue weighted by molar-refractivity contribution is 5.84. The molecule has 4 N–H and O–H groups in total. The molecule has 502 valence electrons.